The fraction of sp³-hybridized carbons (Fsp3) is 0.647. The van der Waals surface area contributed by atoms with E-state index in [2.05, 4.69) is 32.0 Å². The van der Waals surface area contributed by atoms with Gasteiger partial charge in [-0.1, -0.05) is 58.4 Å². The molecule has 0 heteroatoms. The number of aryl methyl sites for hydroxylation is 1. The minimum Gasteiger partial charge on any atom is -0.0683 e. The molecule has 0 N–H and O–H groups in total. The molecule has 17 heavy (non-hydrogen) atoms. The van der Waals surface area contributed by atoms with E-state index in [1.807, 2.05) is 27.7 Å². The van der Waals surface area contributed by atoms with Gasteiger partial charge < -0.3 is 0 Å². The number of rotatable bonds is 0. The Kier molecular flexibility index (Phi) is 5.24. The second-order valence-electron chi connectivity index (χ2n) is 4.85. The summed E-state index contributed by atoms with van der Waals surface area (Å²) in [5, 5.41) is 0. The fourth-order valence-corrected chi connectivity index (χ4v) is 3.04. The van der Waals surface area contributed by atoms with E-state index < -0.39 is 0 Å². The molecule has 96 valence electrons. The summed E-state index contributed by atoms with van der Waals surface area (Å²) in [4.78, 5) is 0. The van der Waals surface area contributed by atoms with Gasteiger partial charge in [-0.2, -0.15) is 0 Å². The van der Waals surface area contributed by atoms with Crippen molar-refractivity contribution in [3.63, 3.8) is 0 Å². The molecule has 4 rings (SSSR count). The van der Waals surface area contributed by atoms with Crippen LogP contribution in [0.3, 0.4) is 0 Å². The third-order valence-electron chi connectivity index (χ3n) is 4.05. The average Bonchev–Trinajstić information content (AvgIpc) is 2.32. The molecule has 0 spiro atoms. The highest BCUT2D eigenvalue weighted by molar-refractivity contribution is 5.42. The van der Waals surface area contributed by atoms with Crippen molar-refractivity contribution < 1.29 is 0 Å². The van der Waals surface area contributed by atoms with Crippen molar-refractivity contribution in [3.05, 3.63) is 34.9 Å². The minimum absolute atomic E-state index is 0.820. The molecule has 0 nitrogen and oxygen atoms in total. The van der Waals surface area contributed by atoms with Crippen LogP contribution in [0.1, 0.15) is 76.0 Å². The molecule has 0 saturated heterocycles. The van der Waals surface area contributed by atoms with Crippen LogP contribution >= 0.6 is 0 Å². The molecule has 0 heterocycles. The summed E-state index contributed by atoms with van der Waals surface area (Å²) in [6.45, 7) is 12.6. The normalized spacial score (nSPS) is 27.5. The third-order valence-corrected chi connectivity index (χ3v) is 4.05. The lowest BCUT2D eigenvalue weighted by atomic mass is 9.58. The minimum atomic E-state index is 0.820. The molecule has 0 radical (unpaired) electrons. The lowest BCUT2D eigenvalue weighted by molar-refractivity contribution is 0.201. The van der Waals surface area contributed by atoms with E-state index in [1.54, 1.807) is 11.1 Å². The maximum atomic E-state index is 2.41. The Morgan fingerprint density at radius 1 is 0.941 bits per heavy atom. The molecule has 0 aromatic heterocycles. The van der Waals surface area contributed by atoms with Gasteiger partial charge in [-0.25, -0.2) is 0 Å². The maximum absolute atomic E-state index is 2.41. The van der Waals surface area contributed by atoms with Crippen molar-refractivity contribution in [2.45, 2.75) is 66.2 Å². The van der Waals surface area contributed by atoms with E-state index in [1.165, 1.54) is 18.4 Å². The van der Waals surface area contributed by atoms with Gasteiger partial charge in [0.05, 0.1) is 0 Å². The highest BCUT2D eigenvalue weighted by Gasteiger charge is 2.41. The average molecular weight is 232 g/mol. The first-order valence-electron chi connectivity index (χ1n) is 7.36. The lowest BCUT2D eigenvalue weighted by Gasteiger charge is -2.47. The van der Waals surface area contributed by atoms with E-state index in [9.17, 15) is 0 Å². The van der Waals surface area contributed by atoms with Crippen LogP contribution in [-0.2, 0) is 0 Å². The van der Waals surface area contributed by atoms with Crippen LogP contribution in [0, 0.1) is 12.8 Å². The Morgan fingerprint density at radius 3 is 2.12 bits per heavy atom. The van der Waals surface area contributed by atoms with Gasteiger partial charge in [0.2, 0.25) is 0 Å². The fourth-order valence-electron chi connectivity index (χ4n) is 3.04. The van der Waals surface area contributed by atoms with Crippen LogP contribution in [0.25, 0.3) is 0 Å². The largest absolute Gasteiger partial charge is 0.0683 e. The van der Waals surface area contributed by atoms with Crippen LogP contribution < -0.4 is 0 Å². The van der Waals surface area contributed by atoms with Crippen LogP contribution in [0.4, 0.5) is 0 Å². The molecular formula is C17H28. The molecule has 1 aromatic carbocycles. The van der Waals surface area contributed by atoms with Crippen molar-refractivity contribution in [1.82, 2.24) is 0 Å². The van der Waals surface area contributed by atoms with Gasteiger partial charge in [0.1, 0.15) is 0 Å². The molecule has 1 atom stereocenters. The van der Waals surface area contributed by atoms with Gasteiger partial charge in [-0.05, 0) is 48.6 Å². The van der Waals surface area contributed by atoms with Gasteiger partial charge in [-0.3, -0.25) is 0 Å². The molecular weight excluding hydrogens is 204 g/mol. The molecule has 3 aliphatic rings. The SMILES string of the molecule is CC.CC.Cc1ccc2c(c1)C1CC(C1)C2C. The Morgan fingerprint density at radius 2 is 1.53 bits per heavy atom. The summed E-state index contributed by atoms with van der Waals surface area (Å²) in [6, 6.07) is 7.03. The van der Waals surface area contributed by atoms with Crippen LogP contribution in [0.2, 0.25) is 0 Å². The smallest absolute Gasteiger partial charge is 0.0153 e. The van der Waals surface area contributed by atoms with Gasteiger partial charge in [-0.15, -0.1) is 0 Å². The van der Waals surface area contributed by atoms with Gasteiger partial charge in [0.15, 0.2) is 0 Å². The van der Waals surface area contributed by atoms with E-state index in [0.29, 0.717) is 0 Å². The Balaban J connectivity index is 0.000000330. The van der Waals surface area contributed by atoms with Crippen molar-refractivity contribution >= 4 is 0 Å². The summed E-state index contributed by atoms with van der Waals surface area (Å²) in [7, 11) is 0. The zero-order valence-corrected chi connectivity index (χ0v) is 12.4. The van der Waals surface area contributed by atoms with E-state index in [4.69, 9.17) is 0 Å². The quantitative estimate of drug-likeness (QED) is 0.541. The summed E-state index contributed by atoms with van der Waals surface area (Å²) < 4.78 is 0. The zero-order chi connectivity index (χ0) is 13.0. The summed E-state index contributed by atoms with van der Waals surface area (Å²) in [5.74, 6) is 2.73. The van der Waals surface area contributed by atoms with Crippen molar-refractivity contribution in [2.24, 2.45) is 5.92 Å². The summed E-state index contributed by atoms with van der Waals surface area (Å²) in [6.07, 6.45) is 2.91. The third kappa shape index (κ3) is 2.56. The van der Waals surface area contributed by atoms with Gasteiger partial charge in [0.25, 0.3) is 0 Å². The molecule has 0 aliphatic heterocycles. The second-order valence-corrected chi connectivity index (χ2v) is 4.85. The number of benzene rings is 1. The maximum Gasteiger partial charge on any atom is -0.0153 e. The number of hydrogen-bond acceptors (Lipinski definition) is 0. The topological polar surface area (TPSA) is 0 Å². The highest BCUT2D eigenvalue weighted by Crippen LogP contribution is 2.55. The lowest BCUT2D eigenvalue weighted by Crippen LogP contribution is -2.33. The summed E-state index contributed by atoms with van der Waals surface area (Å²) in [5.41, 5.74) is 4.73. The molecule has 1 unspecified atom stereocenters. The Bertz CT molecular complexity index is 345. The molecule has 3 aliphatic carbocycles. The Hall–Kier alpha value is -0.780. The number of hydrogen-bond donors (Lipinski definition) is 0. The van der Waals surface area contributed by atoms with E-state index in [-0.39, 0.29) is 0 Å². The van der Waals surface area contributed by atoms with E-state index in [0.717, 1.165) is 17.8 Å². The van der Waals surface area contributed by atoms with E-state index >= 15 is 0 Å². The Labute approximate surface area is 107 Å². The highest BCUT2D eigenvalue weighted by atomic mass is 14.5. The summed E-state index contributed by atoms with van der Waals surface area (Å²) >= 11 is 0. The predicted molar refractivity (Wildman–Crippen MR) is 77.8 cm³/mol. The van der Waals surface area contributed by atoms with Crippen molar-refractivity contribution in [3.8, 4) is 0 Å². The molecule has 1 aromatic rings. The molecule has 1 fully saturated rings. The first kappa shape index (κ1) is 14.3. The van der Waals surface area contributed by atoms with Crippen LogP contribution in [0.5, 0.6) is 0 Å². The molecule has 2 bridgehead atoms. The van der Waals surface area contributed by atoms with Crippen molar-refractivity contribution in [1.29, 1.82) is 0 Å². The predicted octanol–water partition coefficient (Wildman–Crippen LogP) is 5.66. The molecule has 0 amide bonds. The molecule has 1 saturated carbocycles. The standard InChI is InChI=1S/C13H16.2C2H6/c1-8-3-4-12-9(2)10-6-11(7-10)13(12)5-8;2*1-2/h3-5,9-11H,6-7H2,1-2H3;2*1-2H3. The van der Waals surface area contributed by atoms with Crippen LogP contribution in [-0.4, -0.2) is 0 Å². The van der Waals surface area contributed by atoms with Crippen LogP contribution in [0.15, 0.2) is 18.2 Å². The van der Waals surface area contributed by atoms with Crippen molar-refractivity contribution in [2.75, 3.05) is 0 Å². The van der Waals surface area contributed by atoms with Gasteiger partial charge >= 0.3 is 0 Å². The zero-order valence-electron chi connectivity index (χ0n) is 12.4. The van der Waals surface area contributed by atoms with Gasteiger partial charge in [0, 0.05) is 0 Å². The second kappa shape index (κ2) is 6.23. The monoisotopic (exact) mass is 232 g/mol. The first-order valence-corrected chi connectivity index (χ1v) is 7.36. The first-order chi connectivity index (χ1) is 8.25.